The van der Waals surface area contributed by atoms with Crippen molar-refractivity contribution in [2.24, 2.45) is 0 Å². The Morgan fingerprint density at radius 2 is 2.10 bits per heavy atom. The fraction of sp³-hybridized carbons (Fsp3) is 0.462. The third kappa shape index (κ3) is 5.15. The van der Waals surface area contributed by atoms with Gasteiger partial charge in [0.05, 0.1) is 5.01 Å². The zero-order valence-electron chi connectivity index (χ0n) is 11.8. The van der Waals surface area contributed by atoms with Gasteiger partial charge in [0.2, 0.25) is 10.0 Å². The summed E-state index contributed by atoms with van der Waals surface area (Å²) in [7, 11) is -3.40. The molecule has 0 aliphatic heterocycles. The molecule has 0 radical (unpaired) electrons. The van der Waals surface area contributed by atoms with Gasteiger partial charge in [-0.15, -0.1) is 22.7 Å². The van der Waals surface area contributed by atoms with Crippen LogP contribution in [0.1, 0.15) is 16.8 Å². The SMILES string of the molecule is CCNCCc1ccc(S(=O)(=O)NCCc2nccs2)s1. The molecule has 0 fully saturated rings. The molecule has 0 aliphatic rings. The highest BCUT2D eigenvalue weighted by Gasteiger charge is 2.16. The Kier molecular flexibility index (Phi) is 6.31. The Bertz CT molecular complexity index is 635. The van der Waals surface area contributed by atoms with E-state index in [-0.39, 0.29) is 0 Å². The predicted octanol–water partition coefficient (Wildman–Crippen LogP) is 1.88. The van der Waals surface area contributed by atoms with Gasteiger partial charge in [-0.2, -0.15) is 0 Å². The summed E-state index contributed by atoms with van der Waals surface area (Å²) in [6, 6.07) is 3.56. The Labute approximate surface area is 133 Å². The van der Waals surface area contributed by atoms with E-state index < -0.39 is 10.0 Å². The van der Waals surface area contributed by atoms with Gasteiger partial charge >= 0.3 is 0 Å². The second-order valence-electron chi connectivity index (χ2n) is 4.40. The van der Waals surface area contributed by atoms with Gasteiger partial charge in [0.15, 0.2) is 0 Å². The second kappa shape index (κ2) is 8.00. The highest BCUT2D eigenvalue weighted by Crippen LogP contribution is 2.21. The minimum Gasteiger partial charge on any atom is -0.317 e. The maximum Gasteiger partial charge on any atom is 0.250 e. The van der Waals surface area contributed by atoms with E-state index in [1.165, 1.54) is 22.7 Å². The van der Waals surface area contributed by atoms with E-state index in [0.29, 0.717) is 17.2 Å². The molecule has 2 aromatic heterocycles. The molecule has 2 heterocycles. The van der Waals surface area contributed by atoms with Gasteiger partial charge in [0.1, 0.15) is 4.21 Å². The standard InChI is InChI=1S/C13H19N3O2S3/c1-2-14-7-5-11-3-4-13(20-11)21(17,18)16-8-6-12-15-9-10-19-12/h3-4,9-10,14,16H,2,5-8H2,1H3. The summed E-state index contributed by atoms with van der Waals surface area (Å²) < 4.78 is 27.4. The molecule has 8 heteroatoms. The van der Waals surface area contributed by atoms with Crippen molar-refractivity contribution in [1.82, 2.24) is 15.0 Å². The molecule has 0 spiro atoms. The lowest BCUT2D eigenvalue weighted by molar-refractivity contribution is 0.583. The maximum atomic E-state index is 12.2. The zero-order valence-corrected chi connectivity index (χ0v) is 14.3. The van der Waals surface area contributed by atoms with Crippen molar-refractivity contribution in [2.75, 3.05) is 19.6 Å². The molecule has 2 N–H and O–H groups in total. The monoisotopic (exact) mass is 345 g/mol. The van der Waals surface area contributed by atoms with Gasteiger partial charge in [0.25, 0.3) is 0 Å². The first kappa shape index (κ1) is 16.6. The van der Waals surface area contributed by atoms with E-state index in [2.05, 4.69) is 21.9 Å². The number of sulfonamides is 1. The van der Waals surface area contributed by atoms with Crippen molar-refractivity contribution in [3.8, 4) is 0 Å². The smallest absolute Gasteiger partial charge is 0.250 e. The first-order valence-corrected chi connectivity index (χ1v) is 9.97. The van der Waals surface area contributed by atoms with Gasteiger partial charge in [-0.1, -0.05) is 6.92 Å². The van der Waals surface area contributed by atoms with Crippen LogP contribution in [0.4, 0.5) is 0 Å². The first-order valence-electron chi connectivity index (χ1n) is 6.79. The van der Waals surface area contributed by atoms with Crippen LogP contribution >= 0.6 is 22.7 Å². The number of nitrogens with zero attached hydrogens (tertiary/aromatic N) is 1. The first-order chi connectivity index (χ1) is 10.1. The molecule has 0 saturated carbocycles. The summed E-state index contributed by atoms with van der Waals surface area (Å²) in [5.74, 6) is 0. The molecule has 0 aromatic carbocycles. The molecule has 0 amide bonds. The van der Waals surface area contributed by atoms with Crippen molar-refractivity contribution in [1.29, 1.82) is 0 Å². The van der Waals surface area contributed by atoms with E-state index in [1.54, 1.807) is 12.3 Å². The van der Waals surface area contributed by atoms with Crippen molar-refractivity contribution in [3.05, 3.63) is 33.6 Å². The fourth-order valence-electron chi connectivity index (χ4n) is 1.77. The molecule has 0 unspecified atom stereocenters. The van der Waals surface area contributed by atoms with Crippen LogP contribution < -0.4 is 10.0 Å². The molecule has 116 valence electrons. The van der Waals surface area contributed by atoms with Gasteiger partial charge in [-0.25, -0.2) is 18.1 Å². The molecule has 2 aromatic rings. The van der Waals surface area contributed by atoms with Crippen LogP contribution in [-0.4, -0.2) is 33.0 Å². The highest BCUT2D eigenvalue weighted by molar-refractivity contribution is 7.91. The highest BCUT2D eigenvalue weighted by atomic mass is 32.2. The number of thiophene rings is 1. The topological polar surface area (TPSA) is 71.1 Å². The van der Waals surface area contributed by atoms with E-state index in [4.69, 9.17) is 0 Å². The number of aromatic nitrogens is 1. The summed E-state index contributed by atoms with van der Waals surface area (Å²) >= 11 is 2.87. The van der Waals surface area contributed by atoms with Crippen molar-refractivity contribution in [2.45, 2.75) is 24.0 Å². The number of thiazole rings is 1. The Balaban J connectivity index is 1.86. The molecule has 0 atom stereocenters. The van der Waals surface area contributed by atoms with Crippen LogP contribution in [0.15, 0.2) is 27.9 Å². The number of likely N-dealkylation sites (N-methyl/N-ethyl adjacent to an activating group) is 1. The van der Waals surface area contributed by atoms with Gasteiger partial charge in [0, 0.05) is 29.4 Å². The lowest BCUT2D eigenvalue weighted by Crippen LogP contribution is -2.25. The molecule has 0 saturated heterocycles. The van der Waals surface area contributed by atoms with Crippen LogP contribution in [0.2, 0.25) is 0 Å². The van der Waals surface area contributed by atoms with Gasteiger partial charge in [-0.3, -0.25) is 0 Å². The average Bonchev–Trinajstić information content (AvgIpc) is 3.10. The minimum atomic E-state index is -3.40. The predicted molar refractivity (Wildman–Crippen MR) is 87.6 cm³/mol. The largest absolute Gasteiger partial charge is 0.317 e. The van der Waals surface area contributed by atoms with E-state index in [1.807, 2.05) is 11.4 Å². The van der Waals surface area contributed by atoms with Crippen molar-refractivity contribution >= 4 is 32.7 Å². The summed E-state index contributed by atoms with van der Waals surface area (Å²) in [4.78, 5) is 5.21. The van der Waals surface area contributed by atoms with Crippen molar-refractivity contribution in [3.63, 3.8) is 0 Å². The van der Waals surface area contributed by atoms with Crippen LogP contribution in [0.3, 0.4) is 0 Å². The van der Waals surface area contributed by atoms with Crippen LogP contribution in [0.5, 0.6) is 0 Å². The van der Waals surface area contributed by atoms with Crippen molar-refractivity contribution < 1.29 is 8.42 Å². The Hall–Kier alpha value is -0.800. The van der Waals surface area contributed by atoms with Crippen LogP contribution in [0.25, 0.3) is 0 Å². The van der Waals surface area contributed by atoms with E-state index in [0.717, 1.165) is 29.4 Å². The summed E-state index contributed by atoms with van der Waals surface area (Å²) in [5.41, 5.74) is 0. The third-order valence-electron chi connectivity index (χ3n) is 2.81. The lowest BCUT2D eigenvalue weighted by atomic mass is 10.3. The Morgan fingerprint density at radius 1 is 1.24 bits per heavy atom. The number of rotatable bonds is 9. The molecular formula is C13H19N3O2S3. The number of hydrogen-bond donors (Lipinski definition) is 2. The fourth-order valence-corrected chi connectivity index (χ4v) is 4.82. The normalized spacial score (nSPS) is 11.9. The minimum absolute atomic E-state index is 0.375. The summed E-state index contributed by atoms with van der Waals surface area (Å²) in [6.45, 7) is 4.22. The molecule has 0 bridgehead atoms. The molecule has 0 aliphatic carbocycles. The van der Waals surface area contributed by atoms with E-state index in [9.17, 15) is 8.42 Å². The third-order valence-corrected chi connectivity index (χ3v) is 6.75. The molecular weight excluding hydrogens is 326 g/mol. The van der Waals surface area contributed by atoms with E-state index >= 15 is 0 Å². The molecule has 2 rings (SSSR count). The number of hydrogen-bond acceptors (Lipinski definition) is 6. The quantitative estimate of drug-likeness (QED) is 0.681. The van der Waals surface area contributed by atoms with Gasteiger partial charge < -0.3 is 5.32 Å². The van der Waals surface area contributed by atoms with Crippen LogP contribution in [-0.2, 0) is 22.9 Å². The van der Waals surface area contributed by atoms with Gasteiger partial charge in [-0.05, 0) is 31.6 Å². The number of nitrogens with one attached hydrogen (secondary N) is 2. The average molecular weight is 346 g/mol. The molecule has 21 heavy (non-hydrogen) atoms. The second-order valence-corrected chi connectivity index (χ2v) is 8.54. The summed E-state index contributed by atoms with van der Waals surface area (Å²) in [6.07, 6.45) is 3.20. The summed E-state index contributed by atoms with van der Waals surface area (Å²) in [5, 5.41) is 6.06. The van der Waals surface area contributed by atoms with Crippen LogP contribution in [0, 0.1) is 0 Å². The lowest BCUT2D eigenvalue weighted by Gasteiger charge is -2.03. The Morgan fingerprint density at radius 3 is 2.81 bits per heavy atom. The maximum absolute atomic E-state index is 12.2. The zero-order chi connectivity index (χ0) is 15.1. The molecule has 5 nitrogen and oxygen atoms in total.